The van der Waals surface area contributed by atoms with Crippen molar-refractivity contribution in [3.63, 3.8) is 0 Å². The molecule has 3 aliphatic rings. The molecule has 0 spiro atoms. The molecular weight excluding hydrogens is 334 g/mol. The lowest BCUT2D eigenvalue weighted by Gasteiger charge is -2.34. The lowest BCUT2D eigenvalue weighted by Crippen LogP contribution is -2.38. The van der Waals surface area contributed by atoms with Gasteiger partial charge in [-0.3, -0.25) is 4.57 Å². The van der Waals surface area contributed by atoms with E-state index in [1.807, 2.05) is 4.57 Å². The van der Waals surface area contributed by atoms with Crippen LogP contribution in [0.5, 0.6) is 0 Å². The van der Waals surface area contributed by atoms with Crippen LogP contribution in [0.2, 0.25) is 5.02 Å². The van der Waals surface area contributed by atoms with Gasteiger partial charge in [0.2, 0.25) is 0 Å². The fourth-order valence-corrected chi connectivity index (χ4v) is 5.58. The Bertz CT molecular complexity index is 1110. The summed E-state index contributed by atoms with van der Waals surface area (Å²) >= 11 is 6.55. The molecule has 126 valence electrons. The number of aromatic nitrogens is 2. The highest BCUT2D eigenvalue weighted by molar-refractivity contribution is 6.35. The first-order chi connectivity index (χ1) is 12.2. The Morgan fingerprint density at radius 2 is 2.00 bits per heavy atom. The molecule has 3 heterocycles. The Hall–Kier alpha value is -2.04. The molecule has 0 unspecified atom stereocenters. The number of imidazole rings is 1. The van der Waals surface area contributed by atoms with Crippen LogP contribution in [0.1, 0.15) is 40.2 Å². The van der Waals surface area contributed by atoms with Gasteiger partial charge in [0.05, 0.1) is 22.6 Å². The van der Waals surface area contributed by atoms with Gasteiger partial charge in [0.1, 0.15) is 0 Å². The second-order valence-electron chi connectivity index (χ2n) is 7.49. The summed E-state index contributed by atoms with van der Waals surface area (Å²) in [4.78, 5) is 15.7. The predicted octanol–water partition coefficient (Wildman–Crippen LogP) is 2.94. The molecule has 2 N–H and O–H groups in total. The third-order valence-electron chi connectivity index (χ3n) is 6.29. The van der Waals surface area contributed by atoms with Gasteiger partial charge in [-0.2, -0.15) is 0 Å². The maximum absolute atomic E-state index is 12.7. The molecule has 2 atom stereocenters. The van der Waals surface area contributed by atoms with Crippen LogP contribution in [0.15, 0.2) is 29.1 Å². The number of aromatic amines is 1. The van der Waals surface area contributed by atoms with E-state index in [0.29, 0.717) is 23.5 Å². The highest BCUT2D eigenvalue weighted by atomic mass is 35.5. The summed E-state index contributed by atoms with van der Waals surface area (Å²) in [6.45, 7) is 1.58. The van der Waals surface area contributed by atoms with E-state index in [-0.39, 0.29) is 5.69 Å². The molecule has 0 amide bonds. The van der Waals surface area contributed by atoms with Crippen molar-refractivity contribution in [1.82, 2.24) is 14.9 Å². The molecular formula is C20H18ClN3O. The smallest absolute Gasteiger partial charge is 0.313 e. The van der Waals surface area contributed by atoms with Crippen molar-refractivity contribution in [2.45, 2.75) is 37.8 Å². The first kappa shape index (κ1) is 14.2. The number of nitrogens with one attached hydrogen (secondary N) is 2. The largest absolute Gasteiger partial charge is 0.326 e. The van der Waals surface area contributed by atoms with Gasteiger partial charge >= 0.3 is 5.69 Å². The Balaban J connectivity index is 1.84. The summed E-state index contributed by atoms with van der Waals surface area (Å²) in [7, 11) is 0. The van der Waals surface area contributed by atoms with Crippen LogP contribution in [-0.4, -0.2) is 22.1 Å². The molecule has 0 radical (unpaired) electrons. The van der Waals surface area contributed by atoms with Gasteiger partial charge in [-0.15, -0.1) is 0 Å². The summed E-state index contributed by atoms with van der Waals surface area (Å²) < 4.78 is 1.90. The van der Waals surface area contributed by atoms with Gasteiger partial charge in [-0.25, -0.2) is 4.79 Å². The Morgan fingerprint density at radius 3 is 2.92 bits per heavy atom. The molecule has 1 aromatic heterocycles. The second kappa shape index (κ2) is 4.77. The average Bonchev–Trinajstić information content (AvgIpc) is 2.77. The SMILES string of the molecule is O=c1[nH]c2c(Cl)cc3c4c2n1Cc1cccc2c1[C@H]4[C@H](CC2)NCC3. The van der Waals surface area contributed by atoms with Crippen LogP contribution in [0.3, 0.4) is 0 Å². The Kier molecular flexibility index (Phi) is 2.70. The van der Waals surface area contributed by atoms with Crippen LogP contribution in [0.4, 0.5) is 0 Å². The van der Waals surface area contributed by atoms with Crippen LogP contribution in [0, 0.1) is 0 Å². The van der Waals surface area contributed by atoms with Gasteiger partial charge in [0.15, 0.2) is 0 Å². The van der Waals surface area contributed by atoms with Crippen LogP contribution < -0.4 is 11.0 Å². The first-order valence-electron chi connectivity index (χ1n) is 9.00. The van der Waals surface area contributed by atoms with E-state index in [4.69, 9.17) is 11.6 Å². The quantitative estimate of drug-likeness (QED) is 0.654. The highest BCUT2D eigenvalue weighted by Gasteiger charge is 2.39. The van der Waals surface area contributed by atoms with Crippen molar-refractivity contribution < 1.29 is 0 Å². The van der Waals surface area contributed by atoms with Gasteiger partial charge in [-0.1, -0.05) is 29.8 Å². The van der Waals surface area contributed by atoms with Crippen LogP contribution >= 0.6 is 11.6 Å². The van der Waals surface area contributed by atoms with Gasteiger partial charge in [0, 0.05) is 12.0 Å². The first-order valence-corrected chi connectivity index (χ1v) is 9.38. The molecule has 4 nitrogen and oxygen atoms in total. The average molecular weight is 352 g/mol. The summed E-state index contributed by atoms with van der Waals surface area (Å²) in [5.41, 5.74) is 8.53. The summed E-state index contributed by atoms with van der Waals surface area (Å²) in [6, 6.07) is 9.08. The predicted molar refractivity (Wildman–Crippen MR) is 98.8 cm³/mol. The van der Waals surface area contributed by atoms with Crippen molar-refractivity contribution in [2.24, 2.45) is 0 Å². The highest BCUT2D eigenvalue weighted by Crippen LogP contribution is 2.46. The minimum Gasteiger partial charge on any atom is -0.313 e. The fourth-order valence-electron chi connectivity index (χ4n) is 5.31. The molecule has 5 heteroatoms. The third kappa shape index (κ3) is 1.74. The molecule has 0 bridgehead atoms. The second-order valence-corrected chi connectivity index (χ2v) is 7.90. The fraction of sp³-hybridized carbons (Fsp3) is 0.350. The summed E-state index contributed by atoms with van der Waals surface area (Å²) in [6.07, 6.45) is 3.20. The van der Waals surface area contributed by atoms with Crippen LogP contribution in [-0.2, 0) is 19.4 Å². The molecule has 0 fully saturated rings. The van der Waals surface area contributed by atoms with Crippen molar-refractivity contribution in [3.05, 3.63) is 67.6 Å². The van der Waals surface area contributed by atoms with Crippen LogP contribution in [0.25, 0.3) is 11.0 Å². The van der Waals surface area contributed by atoms with E-state index >= 15 is 0 Å². The topological polar surface area (TPSA) is 49.8 Å². The Labute approximate surface area is 149 Å². The van der Waals surface area contributed by atoms with E-state index in [9.17, 15) is 4.79 Å². The van der Waals surface area contributed by atoms with Gasteiger partial charge in [-0.05, 0) is 59.7 Å². The number of nitrogens with zero attached hydrogens (tertiary/aromatic N) is 1. The van der Waals surface area contributed by atoms with E-state index in [1.54, 1.807) is 0 Å². The van der Waals surface area contributed by atoms with Crippen molar-refractivity contribution in [2.75, 3.05) is 6.54 Å². The van der Waals surface area contributed by atoms with E-state index in [1.165, 1.54) is 27.8 Å². The number of hydrogen-bond acceptors (Lipinski definition) is 2. The zero-order valence-electron chi connectivity index (χ0n) is 13.7. The minimum absolute atomic E-state index is 0.0599. The standard InChI is InChI=1S/C20H18ClN3O/c21-13-8-11-6-7-22-14-5-4-10-2-1-3-12-9-24-19(18(13)23-20(24)25)16(11)17(14)15(10)12/h1-3,8,14,17,22H,4-7,9H2,(H,23,25)/t14-,17+/m0/s1. The number of aryl methyl sites for hydroxylation is 1. The summed E-state index contributed by atoms with van der Waals surface area (Å²) in [5.74, 6) is 0.307. The molecule has 0 saturated heterocycles. The van der Waals surface area contributed by atoms with E-state index in [2.05, 4.69) is 34.6 Å². The number of hydrogen-bond donors (Lipinski definition) is 2. The molecule has 1 aliphatic carbocycles. The number of benzene rings is 2. The van der Waals surface area contributed by atoms with Gasteiger partial charge < -0.3 is 10.3 Å². The zero-order valence-corrected chi connectivity index (χ0v) is 14.5. The number of halogens is 1. The zero-order chi connectivity index (χ0) is 16.7. The monoisotopic (exact) mass is 351 g/mol. The normalized spacial score (nSPS) is 23.4. The van der Waals surface area contributed by atoms with Crippen molar-refractivity contribution in [1.29, 1.82) is 0 Å². The molecule has 0 saturated carbocycles. The maximum atomic E-state index is 12.7. The summed E-state index contributed by atoms with van der Waals surface area (Å²) in [5, 5.41) is 4.43. The molecule has 6 rings (SSSR count). The maximum Gasteiger partial charge on any atom is 0.326 e. The molecule has 2 aromatic carbocycles. The number of H-pyrrole nitrogens is 1. The Morgan fingerprint density at radius 1 is 1.12 bits per heavy atom. The lowest BCUT2D eigenvalue weighted by molar-refractivity contribution is 0.434. The molecule has 3 aromatic rings. The molecule has 2 aliphatic heterocycles. The lowest BCUT2D eigenvalue weighted by atomic mass is 9.73. The van der Waals surface area contributed by atoms with E-state index < -0.39 is 0 Å². The van der Waals surface area contributed by atoms with Crippen molar-refractivity contribution in [3.8, 4) is 0 Å². The minimum atomic E-state index is -0.0599. The number of rotatable bonds is 0. The molecule has 25 heavy (non-hydrogen) atoms. The van der Waals surface area contributed by atoms with Crippen molar-refractivity contribution >= 4 is 22.6 Å². The van der Waals surface area contributed by atoms with E-state index in [0.717, 1.165) is 36.8 Å². The third-order valence-corrected chi connectivity index (χ3v) is 6.59. The van der Waals surface area contributed by atoms with Gasteiger partial charge in [0.25, 0.3) is 0 Å².